The Morgan fingerprint density at radius 2 is 1.79 bits per heavy atom. The second-order valence-corrected chi connectivity index (χ2v) is 8.39. The molecule has 2 aromatic carbocycles. The minimum atomic E-state index is -0.540. The Kier molecular flexibility index (Phi) is 5.98. The molecule has 0 fully saturated rings. The maximum absolute atomic E-state index is 14.0. The number of anilines is 2. The minimum Gasteiger partial charge on any atom is -0.340 e. The monoisotopic (exact) mass is 479 g/mol. The molecule has 0 atom stereocenters. The summed E-state index contributed by atoms with van der Waals surface area (Å²) in [6.07, 6.45) is 3.61. The molecule has 0 saturated carbocycles. The molecule has 1 N–H and O–H groups in total. The first-order chi connectivity index (χ1) is 16.5. The van der Waals surface area contributed by atoms with Crippen LogP contribution in [0.15, 0.2) is 67.0 Å². The number of nitrogens with zero attached hydrogens (tertiary/aromatic N) is 4. The van der Waals surface area contributed by atoms with Crippen molar-refractivity contribution in [2.75, 3.05) is 11.9 Å². The number of hydrogen-bond donors (Lipinski definition) is 1. The van der Waals surface area contributed by atoms with E-state index in [9.17, 15) is 13.6 Å². The van der Waals surface area contributed by atoms with Gasteiger partial charge in [0, 0.05) is 36.7 Å². The van der Waals surface area contributed by atoms with Crippen molar-refractivity contribution in [1.82, 2.24) is 19.4 Å². The van der Waals surface area contributed by atoms with Gasteiger partial charge in [0.2, 0.25) is 5.91 Å². The van der Waals surface area contributed by atoms with Crippen molar-refractivity contribution >= 4 is 29.0 Å². The lowest BCUT2D eigenvalue weighted by molar-refractivity contribution is -0.132. The highest BCUT2D eigenvalue weighted by atomic mass is 35.5. The summed E-state index contributed by atoms with van der Waals surface area (Å²) in [5, 5.41) is 3.27. The van der Waals surface area contributed by atoms with Crippen molar-refractivity contribution in [3.05, 3.63) is 95.0 Å². The predicted octanol–water partition coefficient (Wildman–Crippen LogP) is 5.21. The van der Waals surface area contributed by atoms with Gasteiger partial charge in [-0.2, -0.15) is 0 Å². The Bertz CT molecular complexity index is 1340. The number of pyridine rings is 1. The molecule has 3 heterocycles. The lowest BCUT2D eigenvalue weighted by Gasteiger charge is -2.28. The summed E-state index contributed by atoms with van der Waals surface area (Å²) in [7, 11) is 0. The number of benzene rings is 2. The molecular formula is C25H20ClF2N5O. The molecule has 4 aromatic rings. The fourth-order valence-electron chi connectivity index (χ4n) is 3.98. The van der Waals surface area contributed by atoms with Crippen LogP contribution in [0.2, 0.25) is 5.02 Å². The summed E-state index contributed by atoms with van der Waals surface area (Å²) < 4.78 is 29.6. The van der Waals surface area contributed by atoms with Crippen LogP contribution in [0.25, 0.3) is 11.3 Å². The molecule has 0 bridgehead atoms. The Morgan fingerprint density at radius 1 is 1.03 bits per heavy atom. The number of aromatic nitrogens is 3. The second-order valence-electron chi connectivity index (χ2n) is 7.99. The Labute approximate surface area is 199 Å². The highest BCUT2D eigenvalue weighted by molar-refractivity contribution is 6.30. The minimum absolute atomic E-state index is 0.00179. The number of halogens is 3. The van der Waals surface area contributed by atoms with Crippen LogP contribution in [0.5, 0.6) is 0 Å². The first kappa shape index (κ1) is 22.0. The molecule has 34 heavy (non-hydrogen) atoms. The van der Waals surface area contributed by atoms with E-state index in [1.807, 2.05) is 16.7 Å². The van der Waals surface area contributed by atoms with Gasteiger partial charge in [0.25, 0.3) is 0 Å². The lowest BCUT2D eigenvalue weighted by atomic mass is 10.1. The van der Waals surface area contributed by atoms with E-state index in [1.165, 1.54) is 24.3 Å². The van der Waals surface area contributed by atoms with Gasteiger partial charge < -0.3 is 14.8 Å². The third kappa shape index (κ3) is 4.49. The van der Waals surface area contributed by atoms with Gasteiger partial charge in [0.1, 0.15) is 29.0 Å². The highest BCUT2D eigenvalue weighted by Gasteiger charge is 2.27. The zero-order valence-electron chi connectivity index (χ0n) is 18.0. The van der Waals surface area contributed by atoms with E-state index in [0.717, 1.165) is 5.56 Å². The van der Waals surface area contributed by atoms with E-state index in [2.05, 4.69) is 10.3 Å². The van der Waals surface area contributed by atoms with Crippen LogP contribution >= 0.6 is 11.6 Å². The van der Waals surface area contributed by atoms with Gasteiger partial charge in [0.05, 0.1) is 18.0 Å². The van der Waals surface area contributed by atoms with Crippen LogP contribution in [0.4, 0.5) is 20.3 Å². The average Bonchev–Trinajstić information content (AvgIpc) is 3.20. The van der Waals surface area contributed by atoms with Crippen LogP contribution < -0.4 is 5.32 Å². The van der Waals surface area contributed by atoms with Crippen molar-refractivity contribution in [3.63, 3.8) is 0 Å². The van der Waals surface area contributed by atoms with E-state index in [1.54, 1.807) is 35.5 Å². The predicted molar refractivity (Wildman–Crippen MR) is 126 cm³/mol. The number of rotatable bonds is 5. The lowest BCUT2D eigenvalue weighted by Crippen LogP contribution is -2.39. The fraction of sp³-hybridized carbons (Fsp3) is 0.160. The number of carbonyl (C=O) groups is 1. The highest BCUT2D eigenvalue weighted by Crippen LogP contribution is 2.34. The molecule has 172 valence electrons. The summed E-state index contributed by atoms with van der Waals surface area (Å²) in [4.78, 5) is 23.4. The summed E-state index contributed by atoms with van der Waals surface area (Å²) >= 11 is 5.83. The van der Waals surface area contributed by atoms with Gasteiger partial charge in [0.15, 0.2) is 0 Å². The zero-order valence-corrected chi connectivity index (χ0v) is 18.8. The van der Waals surface area contributed by atoms with E-state index < -0.39 is 5.82 Å². The number of nitrogens with one attached hydrogen (secondary N) is 1. The molecule has 0 saturated heterocycles. The molecule has 0 radical (unpaired) electrons. The maximum atomic E-state index is 14.0. The topological polar surface area (TPSA) is 63.1 Å². The first-order valence-corrected chi connectivity index (χ1v) is 11.1. The second kappa shape index (κ2) is 9.23. The summed E-state index contributed by atoms with van der Waals surface area (Å²) in [6, 6.07) is 14.1. The quantitative estimate of drug-likeness (QED) is 0.427. The van der Waals surface area contributed by atoms with E-state index in [0.29, 0.717) is 48.2 Å². The molecule has 9 heteroatoms. The van der Waals surface area contributed by atoms with Crippen molar-refractivity contribution < 1.29 is 13.6 Å². The number of carbonyl (C=O) groups excluding carboxylic acids is 1. The van der Waals surface area contributed by atoms with Crippen LogP contribution in [-0.4, -0.2) is 31.9 Å². The Hall–Kier alpha value is -3.78. The molecule has 0 unspecified atom stereocenters. The first-order valence-electron chi connectivity index (χ1n) is 10.7. The summed E-state index contributed by atoms with van der Waals surface area (Å²) in [5.41, 5.74) is 2.70. The summed E-state index contributed by atoms with van der Waals surface area (Å²) in [6.45, 7) is 1.33. The molecule has 6 nitrogen and oxygen atoms in total. The van der Waals surface area contributed by atoms with Crippen LogP contribution in [0, 0.1) is 11.6 Å². The third-order valence-corrected chi connectivity index (χ3v) is 6.04. The van der Waals surface area contributed by atoms with Gasteiger partial charge in [-0.3, -0.25) is 9.78 Å². The van der Waals surface area contributed by atoms with E-state index in [-0.39, 0.29) is 23.2 Å². The SMILES string of the molecule is O=C(Cc1ccncc1)N1CCn2c(nc(-c3ccc(F)cc3)c2Nc2ccc(Cl)c(F)c2)C1. The molecule has 0 spiro atoms. The normalized spacial score (nSPS) is 13.0. The van der Waals surface area contributed by atoms with E-state index in [4.69, 9.17) is 16.6 Å². The molecule has 1 aliphatic heterocycles. The van der Waals surface area contributed by atoms with Gasteiger partial charge >= 0.3 is 0 Å². The maximum Gasteiger partial charge on any atom is 0.227 e. The van der Waals surface area contributed by atoms with Crippen molar-refractivity contribution in [2.45, 2.75) is 19.5 Å². The smallest absolute Gasteiger partial charge is 0.227 e. The van der Waals surface area contributed by atoms with Crippen molar-refractivity contribution in [1.29, 1.82) is 0 Å². The molecule has 5 rings (SSSR count). The van der Waals surface area contributed by atoms with Crippen LogP contribution in [0.3, 0.4) is 0 Å². The van der Waals surface area contributed by atoms with Gasteiger partial charge in [-0.15, -0.1) is 0 Å². The molecule has 0 aliphatic carbocycles. The average molecular weight is 480 g/mol. The van der Waals surface area contributed by atoms with Crippen molar-refractivity contribution in [2.24, 2.45) is 0 Å². The standard InChI is InChI=1S/C25H20ClF2N5O/c26-20-6-5-19(14-21(20)28)30-25-24(17-1-3-18(27)4-2-17)31-22-15-32(11-12-33(22)25)23(34)13-16-7-9-29-10-8-16/h1-10,14,30H,11-13,15H2. The van der Waals surface area contributed by atoms with Gasteiger partial charge in [-0.05, 0) is 60.2 Å². The number of hydrogen-bond acceptors (Lipinski definition) is 4. The number of fused-ring (bicyclic) bond motifs is 1. The van der Waals surface area contributed by atoms with E-state index >= 15 is 0 Å². The Balaban J connectivity index is 1.47. The molecular weight excluding hydrogens is 460 g/mol. The molecule has 1 aliphatic rings. The Morgan fingerprint density at radius 3 is 2.53 bits per heavy atom. The van der Waals surface area contributed by atoms with Gasteiger partial charge in [-0.1, -0.05) is 11.6 Å². The molecule has 1 amide bonds. The summed E-state index contributed by atoms with van der Waals surface area (Å²) in [5.74, 6) is 0.435. The van der Waals surface area contributed by atoms with Crippen molar-refractivity contribution in [3.8, 4) is 11.3 Å². The zero-order chi connectivity index (χ0) is 23.7. The number of amides is 1. The molecule has 2 aromatic heterocycles. The van der Waals surface area contributed by atoms with Gasteiger partial charge in [-0.25, -0.2) is 13.8 Å². The number of imidazole rings is 1. The fourth-order valence-corrected chi connectivity index (χ4v) is 4.10. The van der Waals surface area contributed by atoms with Crippen LogP contribution in [0.1, 0.15) is 11.4 Å². The third-order valence-electron chi connectivity index (χ3n) is 5.73. The van der Waals surface area contributed by atoms with Crippen LogP contribution in [-0.2, 0) is 24.3 Å². The largest absolute Gasteiger partial charge is 0.340 e.